The summed E-state index contributed by atoms with van der Waals surface area (Å²) >= 11 is 0. The van der Waals surface area contributed by atoms with E-state index in [4.69, 9.17) is 10.2 Å². The second kappa shape index (κ2) is 3.20. The first-order valence-corrected chi connectivity index (χ1v) is 4.53. The molecule has 0 aromatic carbocycles. The van der Waals surface area contributed by atoms with Crippen molar-refractivity contribution in [2.45, 2.75) is 12.1 Å². The molecule has 7 heteroatoms. The highest BCUT2D eigenvalue weighted by molar-refractivity contribution is 6.37. The molecule has 1 saturated heterocycles. The van der Waals surface area contributed by atoms with Crippen LogP contribution in [-0.4, -0.2) is 58.5 Å². The molecule has 0 radical (unpaired) electrons. The van der Waals surface area contributed by atoms with Crippen LogP contribution in [0.15, 0.2) is 5.10 Å². The van der Waals surface area contributed by atoms with E-state index in [1.165, 1.54) is 5.01 Å². The van der Waals surface area contributed by atoms with Crippen molar-refractivity contribution in [1.82, 2.24) is 10.3 Å². The van der Waals surface area contributed by atoms with Crippen LogP contribution in [0.5, 0.6) is 0 Å². The van der Waals surface area contributed by atoms with E-state index in [1.807, 2.05) is 0 Å². The molecule has 1 fully saturated rings. The summed E-state index contributed by atoms with van der Waals surface area (Å²) < 4.78 is 0. The molecule has 0 amide bonds. The number of carbonyl (C=O) groups is 2. The number of fused-ring (bicyclic) bond motifs is 1. The molecule has 2 aliphatic rings. The summed E-state index contributed by atoms with van der Waals surface area (Å²) in [5, 5.41) is 26.0. The molecular formula is C8H11N3O4. The van der Waals surface area contributed by atoms with Gasteiger partial charge in [0.15, 0.2) is 5.71 Å². The van der Waals surface area contributed by atoms with E-state index < -0.39 is 23.9 Å². The third-order valence-corrected chi connectivity index (χ3v) is 2.87. The Kier molecular flexibility index (Phi) is 2.11. The molecule has 3 N–H and O–H groups in total. The Morgan fingerprint density at radius 3 is 2.73 bits per heavy atom. The smallest absolute Gasteiger partial charge is 0.352 e. The molecule has 2 aliphatic heterocycles. The number of nitrogens with one attached hydrogen (secondary N) is 1. The molecule has 7 nitrogen and oxygen atoms in total. The number of likely N-dealkylation sites (N-methyl/N-ethyl adjacent to an activating group) is 1. The summed E-state index contributed by atoms with van der Waals surface area (Å²) in [4.78, 5) is 21.8. The highest BCUT2D eigenvalue weighted by atomic mass is 16.4. The lowest BCUT2D eigenvalue weighted by Crippen LogP contribution is -2.41. The zero-order chi connectivity index (χ0) is 11.2. The van der Waals surface area contributed by atoms with Crippen LogP contribution in [0.4, 0.5) is 0 Å². The average Bonchev–Trinajstić information content (AvgIpc) is 2.66. The third-order valence-electron chi connectivity index (χ3n) is 2.87. The molecule has 82 valence electrons. The minimum absolute atomic E-state index is 0.0695. The lowest BCUT2D eigenvalue weighted by Gasteiger charge is -2.17. The van der Waals surface area contributed by atoms with E-state index in [-0.39, 0.29) is 11.8 Å². The Labute approximate surface area is 85.4 Å². The van der Waals surface area contributed by atoms with Gasteiger partial charge in [-0.1, -0.05) is 0 Å². The van der Waals surface area contributed by atoms with Gasteiger partial charge in [-0.05, 0) is 0 Å². The minimum Gasteiger partial charge on any atom is -0.480 e. The Hall–Kier alpha value is -1.63. The predicted octanol–water partition coefficient (Wildman–Crippen LogP) is -1.59. The lowest BCUT2D eigenvalue weighted by molar-refractivity contribution is -0.139. The van der Waals surface area contributed by atoms with Crippen molar-refractivity contribution in [3.8, 4) is 0 Å². The van der Waals surface area contributed by atoms with Gasteiger partial charge in [-0.3, -0.25) is 9.80 Å². The Balaban J connectivity index is 2.31. The highest BCUT2D eigenvalue weighted by Crippen LogP contribution is 2.28. The summed E-state index contributed by atoms with van der Waals surface area (Å²) in [5.74, 6) is -2.75. The molecule has 15 heavy (non-hydrogen) atoms. The van der Waals surface area contributed by atoms with E-state index in [9.17, 15) is 9.59 Å². The van der Waals surface area contributed by atoms with Crippen molar-refractivity contribution in [3.63, 3.8) is 0 Å². The molecule has 3 atom stereocenters. The maximum absolute atomic E-state index is 10.9. The second-order valence-corrected chi connectivity index (χ2v) is 3.68. The summed E-state index contributed by atoms with van der Waals surface area (Å²) in [7, 11) is 1.65. The number of hydrogen-bond acceptors (Lipinski definition) is 5. The van der Waals surface area contributed by atoms with Crippen molar-refractivity contribution < 1.29 is 19.8 Å². The first-order valence-electron chi connectivity index (χ1n) is 4.53. The first-order chi connectivity index (χ1) is 7.02. The predicted molar refractivity (Wildman–Crippen MR) is 49.5 cm³/mol. The monoisotopic (exact) mass is 213 g/mol. The molecule has 0 aliphatic carbocycles. The molecule has 2 heterocycles. The van der Waals surface area contributed by atoms with E-state index in [0.717, 1.165) is 0 Å². The van der Waals surface area contributed by atoms with Crippen molar-refractivity contribution >= 4 is 17.7 Å². The van der Waals surface area contributed by atoms with Crippen LogP contribution in [0.1, 0.15) is 0 Å². The number of aliphatic carboxylic acids is 2. The Morgan fingerprint density at radius 2 is 2.20 bits per heavy atom. The summed E-state index contributed by atoms with van der Waals surface area (Å²) in [6.45, 7) is 0.443. The SMILES string of the molecule is CN1N=C(C(=O)O)[C@@H]2[C@@H](C(=O)O)NC[C@@H]21. The van der Waals surface area contributed by atoms with E-state index >= 15 is 0 Å². The number of carboxylic acids is 2. The van der Waals surface area contributed by atoms with Gasteiger partial charge in [0.1, 0.15) is 6.04 Å². The van der Waals surface area contributed by atoms with E-state index in [1.54, 1.807) is 7.05 Å². The van der Waals surface area contributed by atoms with Crippen LogP contribution in [-0.2, 0) is 9.59 Å². The van der Waals surface area contributed by atoms with Gasteiger partial charge in [0.25, 0.3) is 0 Å². The maximum Gasteiger partial charge on any atom is 0.352 e. The Bertz CT molecular complexity index is 354. The summed E-state index contributed by atoms with van der Waals surface area (Å²) in [6.07, 6.45) is 0. The number of hydrazone groups is 1. The van der Waals surface area contributed by atoms with Crippen molar-refractivity contribution in [3.05, 3.63) is 0 Å². The van der Waals surface area contributed by atoms with Crippen LogP contribution in [0, 0.1) is 5.92 Å². The fourth-order valence-electron chi connectivity index (χ4n) is 2.17. The summed E-state index contributed by atoms with van der Waals surface area (Å²) in [5.41, 5.74) is -0.0695. The van der Waals surface area contributed by atoms with Crippen molar-refractivity contribution in [1.29, 1.82) is 0 Å². The normalized spacial score (nSPS) is 33.8. The number of rotatable bonds is 2. The van der Waals surface area contributed by atoms with Gasteiger partial charge in [-0.15, -0.1) is 0 Å². The number of hydrogen-bond donors (Lipinski definition) is 3. The molecule has 0 saturated carbocycles. The zero-order valence-corrected chi connectivity index (χ0v) is 8.04. The molecule has 0 aromatic heterocycles. The molecule has 0 aromatic rings. The van der Waals surface area contributed by atoms with Gasteiger partial charge < -0.3 is 15.5 Å². The lowest BCUT2D eigenvalue weighted by atomic mass is 9.92. The quantitative estimate of drug-likeness (QED) is 0.511. The van der Waals surface area contributed by atoms with Crippen LogP contribution < -0.4 is 5.32 Å². The molecule has 0 bridgehead atoms. The second-order valence-electron chi connectivity index (χ2n) is 3.68. The van der Waals surface area contributed by atoms with Crippen LogP contribution in [0.25, 0.3) is 0 Å². The molecule has 0 spiro atoms. The maximum atomic E-state index is 10.9. The van der Waals surface area contributed by atoms with Crippen LogP contribution >= 0.6 is 0 Å². The summed E-state index contributed by atoms with van der Waals surface area (Å²) in [6, 6.07) is -1.02. The minimum atomic E-state index is -1.15. The number of nitrogens with zero attached hydrogens (tertiary/aromatic N) is 2. The standard InChI is InChI=1S/C8H11N3O4/c1-11-3-2-9-5(7(12)13)4(3)6(10-11)8(14)15/h3-5,9H,2H2,1H3,(H,12,13)(H,14,15)/t3-,4-,5-/m0/s1. The topological polar surface area (TPSA) is 102 Å². The van der Waals surface area contributed by atoms with Gasteiger partial charge in [-0.2, -0.15) is 5.10 Å². The highest BCUT2D eigenvalue weighted by Gasteiger charge is 2.50. The van der Waals surface area contributed by atoms with Crippen molar-refractivity contribution in [2.75, 3.05) is 13.6 Å². The largest absolute Gasteiger partial charge is 0.480 e. The van der Waals surface area contributed by atoms with E-state index in [0.29, 0.717) is 6.54 Å². The zero-order valence-electron chi connectivity index (χ0n) is 8.04. The average molecular weight is 213 g/mol. The van der Waals surface area contributed by atoms with Crippen LogP contribution in [0.3, 0.4) is 0 Å². The first kappa shape index (κ1) is 9.91. The van der Waals surface area contributed by atoms with Gasteiger partial charge >= 0.3 is 11.9 Å². The number of carboxylic acid groups (broad SMARTS) is 2. The van der Waals surface area contributed by atoms with Gasteiger partial charge in [0, 0.05) is 13.6 Å². The van der Waals surface area contributed by atoms with Crippen LogP contribution in [0.2, 0.25) is 0 Å². The fourth-order valence-corrected chi connectivity index (χ4v) is 2.17. The van der Waals surface area contributed by atoms with E-state index in [2.05, 4.69) is 10.4 Å². The van der Waals surface area contributed by atoms with Gasteiger partial charge in [0.05, 0.1) is 12.0 Å². The van der Waals surface area contributed by atoms with Gasteiger partial charge in [0.2, 0.25) is 0 Å². The third kappa shape index (κ3) is 1.35. The van der Waals surface area contributed by atoms with Gasteiger partial charge in [-0.25, -0.2) is 4.79 Å². The molecule has 0 unspecified atom stereocenters. The fraction of sp³-hybridized carbons (Fsp3) is 0.625. The Morgan fingerprint density at radius 1 is 1.53 bits per heavy atom. The molecule has 2 rings (SSSR count). The molecular weight excluding hydrogens is 202 g/mol. The van der Waals surface area contributed by atoms with Crippen molar-refractivity contribution in [2.24, 2.45) is 11.0 Å².